The maximum absolute atomic E-state index is 5.51. The van der Waals surface area contributed by atoms with Gasteiger partial charge in [0.25, 0.3) is 0 Å². The highest BCUT2D eigenvalue weighted by molar-refractivity contribution is 5.47. The normalized spacial score (nSPS) is 23.0. The molecule has 1 saturated carbocycles. The predicted molar refractivity (Wildman–Crippen MR) is 66.6 cm³/mol. The molecule has 1 aliphatic carbocycles. The van der Waals surface area contributed by atoms with Crippen LogP contribution in [0.15, 0.2) is 6.07 Å². The molecule has 94 valence electrons. The van der Waals surface area contributed by atoms with Crippen LogP contribution < -0.4 is 16.6 Å². The minimum absolute atomic E-state index is 0.396. The zero-order valence-corrected chi connectivity index (χ0v) is 10.2. The third-order valence-electron chi connectivity index (χ3n) is 2.84. The quantitative estimate of drug-likeness (QED) is 0.524. The average molecular weight is 237 g/mol. The van der Waals surface area contributed by atoms with Gasteiger partial charge in [-0.05, 0) is 26.7 Å². The van der Waals surface area contributed by atoms with E-state index in [0.717, 1.165) is 25.3 Å². The molecule has 6 heteroatoms. The van der Waals surface area contributed by atoms with Crippen molar-refractivity contribution in [2.45, 2.75) is 38.8 Å². The van der Waals surface area contributed by atoms with Gasteiger partial charge in [-0.2, -0.15) is 0 Å². The summed E-state index contributed by atoms with van der Waals surface area (Å²) in [6.45, 7) is 4.65. The smallest absolute Gasteiger partial charge is 0.145 e. The Balaban J connectivity index is 1.89. The van der Waals surface area contributed by atoms with Crippen LogP contribution in [0.5, 0.6) is 0 Å². The van der Waals surface area contributed by atoms with E-state index in [1.54, 1.807) is 6.07 Å². The molecule has 1 aromatic rings. The zero-order valence-electron chi connectivity index (χ0n) is 10.2. The standard InChI is InChI=1S/C11H19N5O/c1-3-17-9-4-8(5-9)15-10-6-11(16-12)14-7(2)13-10/h6,8-9H,3-5,12H2,1-2H3,(H2,13,14,15,16). The number of rotatable bonds is 5. The van der Waals surface area contributed by atoms with Crippen molar-refractivity contribution in [2.75, 3.05) is 17.3 Å². The number of nitrogens with two attached hydrogens (primary N) is 1. The third kappa shape index (κ3) is 3.04. The molecule has 0 aliphatic heterocycles. The molecule has 1 aromatic heterocycles. The molecule has 0 bridgehead atoms. The largest absolute Gasteiger partial charge is 0.378 e. The number of hydrogen-bond acceptors (Lipinski definition) is 6. The fourth-order valence-electron chi connectivity index (χ4n) is 1.98. The van der Waals surface area contributed by atoms with Crippen LogP contribution in [0, 0.1) is 6.92 Å². The summed E-state index contributed by atoms with van der Waals surface area (Å²) in [6, 6.07) is 2.24. The Bertz CT molecular complexity index is 378. The van der Waals surface area contributed by atoms with E-state index in [9.17, 15) is 0 Å². The Morgan fingerprint density at radius 3 is 2.76 bits per heavy atom. The van der Waals surface area contributed by atoms with Gasteiger partial charge in [0.05, 0.1) is 6.10 Å². The van der Waals surface area contributed by atoms with E-state index in [2.05, 4.69) is 20.7 Å². The zero-order chi connectivity index (χ0) is 12.3. The van der Waals surface area contributed by atoms with Crippen LogP contribution >= 0.6 is 0 Å². The summed E-state index contributed by atoms with van der Waals surface area (Å²) >= 11 is 0. The minimum atomic E-state index is 0.396. The molecule has 0 spiro atoms. The summed E-state index contributed by atoms with van der Waals surface area (Å²) in [5, 5.41) is 3.36. The van der Waals surface area contributed by atoms with Gasteiger partial charge in [-0.3, -0.25) is 0 Å². The first-order chi connectivity index (χ1) is 8.21. The van der Waals surface area contributed by atoms with Crippen molar-refractivity contribution in [1.82, 2.24) is 9.97 Å². The molecule has 6 nitrogen and oxygen atoms in total. The number of aryl methyl sites for hydroxylation is 1. The molecule has 0 saturated heterocycles. The first-order valence-corrected chi connectivity index (χ1v) is 5.91. The monoisotopic (exact) mass is 237 g/mol. The molecule has 0 amide bonds. The highest BCUT2D eigenvalue weighted by Crippen LogP contribution is 2.26. The van der Waals surface area contributed by atoms with Gasteiger partial charge in [0.2, 0.25) is 0 Å². The molecule has 0 atom stereocenters. The molecule has 1 fully saturated rings. The minimum Gasteiger partial charge on any atom is -0.378 e. The van der Waals surface area contributed by atoms with Crippen LogP contribution in [0.3, 0.4) is 0 Å². The first-order valence-electron chi connectivity index (χ1n) is 5.91. The predicted octanol–water partition coefficient (Wildman–Crippen LogP) is 1.05. The van der Waals surface area contributed by atoms with Gasteiger partial charge in [-0.25, -0.2) is 15.8 Å². The number of hydrogen-bond donors (Lipinski definition) is 3. The van der Waals surface area contributed by atoms with Crippen LogP contribution in [0.1, 0.15) is 25.6 Å². The molecule has 17 heavy (non-hydrogen) atoms. The highest BCUT2D eigenvalue weighted by Gasteiger charge is 2.29. The van der Waals surface area contributed by atoms with Crippen molar-refractivity contribution in [3.63, 3.8) is 0 Å². The van der Waals surface area contributed by atoms with Gasteiger partial charge in [-0.15, -0.1) is 0 Å². The summed E-state index contributed by atoms with van der Waals surface area (Å²) < 4.78 is 5.51. The number of anilines is 2. The van der Waals surface area contributed by atoms with Crippen LogP contribution in [-0.2, 0) is 4.74 Å². The van der Waals surface area contributed by atoms with Crippen molar-refractivity contribution in [3.8, 4) is 0 Å². The Morgan fingerprint density at radius 1 is 1.41 bits per heavy atom. The van der Waals surface area contributed by atoms with Crippen molar-refractivity contribution >= 4 is 11.6 Å². The maximum Gasteiger partial charge on any atom is 0.145 e. The lowest BCUT2D eigenvalue weighted by atomic mass is 9.89. The van der Waals surface area contributed by atoms with Crippen molar-refractivity contribution in [2.24, 2.45) is 5.84 Å². The summed E-state index contributed by atoms with van der Waals surface area (Å²) in [4.78, 5) is 8.45. The molecule has 0 aromatic carbocycles. The second kappa shape index (κ2) is 5.29. The molecular weight excluding hydrogens is 218 g/mol. The second-order valence-corrected chi connectivity index (χ2v) is 4.22. The van der Waals surface area contributed by atoms with Gasteiger partial charge >= 0.3 is 0 Å². The molecule has 2 rings (SSSR count). The Kier molecular flexibility index (Phi) is 3.75. The lowest BCUT2D eigenvalue weighted by Gasteiger charge is -2.35. The van der Waals surface area contributed by atoms with Gasteiger partial charge in [-0.1, -0.05) is 0 Å². The van der Waals surface area contributed by atoms with E-state index in [1.807, 2.05) is 13.8 Å². The molecule has 0 unspecified atom stereocenters. The Hall–Kier alpha value is -1.40. The molecular formula is C11H19N5O. The topological polar surface area (TPSA) is 85.1 Å². The molecule has 1 heterocycles. The molecule has 4 N–H and O–H groups in total. The van der Waals surface area contributed by atoms with E-state index >= 15 is 0 Å². The van der Waals surface area contributed by atoms with E-state index in [1.165, 1.54) is 0 Å². The molecule has 1 aliphatic rings. The lowest BCUT2D eigenvalue weighted by molar-refractivity contribution is 0.00292. The second-order valence-electron chi connectivity index (χ2n) is 4.22. The fourth-order valence-corrected chi connectivity index (χ4v) is 1.98. The average Bonchev–Trinajstić information content (AvgIpc) is 2.25. The number of nitrogens with one attached hydrogen (secondary N) is 2. The highest BCUT2D eigenvalue weighted by atomic mass is 16.5. The number of ether oxygens (including phenoxy) is 1. The van der Waals surface area contributed by atoms with Crippen LogP contribution in [0.25, 0.3) is 0 Å². The Morgan fingerprint density at radius 2 is 2.12 bits per heavy atom. The Labute approximate surface area is 101 Å². The first kappa shape index (κ1) is 12.1. The number of hydrazine groups is 1. The van der Waals surface area contributed by atoms with Crippen molar-refractivity contribution in [3.05, 3.63) is 11.9 Å². The third-order valence-corrected chi connectivity index (χ3v) is 2.84. The lowest BCUT2D eigenvalue weighted by Crippen LogP contribution is -2.41. The van der Waals surface area contributed by atoms with Crippen LogP contribution in [-0.4, -0.2) is 28.7 Å². The SMILES string of the molecule is CCOC1CC(Nc2cc(NN)nc(C)n2)C1. The van der Waals surface area contributed by atoms with Gasteiger partial charge in [0.15, 0.2) is 0 Å². The van der Waals surface area contributed by atoms with Crippen LogP contribution in [0.4, 0.5) is 11.6 Å². The number of nitrogen functional groups attached to an aromatic ring is 1. The number of nitrogens with zero attached hydrogens (tertiary/aromatic N) is 2. The summed E-state index contributed by atoms with van der Waals surface area (Å²) in [7, 11) is 0. The van der Waals surface area contributed by atoms with E-state index in [-0.39, 0.29) is 0 Å². The molecule has 0 radical (unpaired) electrons. The maximum atomic E-state index is 5.51. The van der Waals surface area contributed by atoms with Crippen molar-refractivity contribution < 1.29 is 4.74 Å². The fraction of sp³-hybridized carbons (Fsp3) is 0.636. The van der Waals surface area contributed by atoms with Crippen molar-refractivity contribution in [1.29, 1.82) is 0 Å². The summed E-state index contributed by atoms with van der Waals surface area (Å²) in [5.74, 6) is 7.47. The summed E-state index contributed by atoms with van der Waals surface area (Å²) in [6.07, 6.45) is 2.46. The van der Waals surface area contributed by atoms with E-state index in [4.69, 9.17) is 10.6 Å². The summed E-state index contributed by atoms with van der Waals surface area (Å²) in [5.41, 5.74) is 2.53. The van der Waals surface area contributed by atoms with E-state index in [0.29, 0.717) is 23.8 Å². The van der Waals surface area contributed by atoms with E-state index < -0.39 is 0 Å². The van der Waals surface area contributed by atoms with Crippen LogP contribution in [0.2, 0.25) is 0 Å². The van der Waals surface area contributed by atoms with Gasteiger partial charge < -0.3 is 15.5 Å². The van der Waals surface area contributed by atoms with Gasteiger partial charge in [0, 0.05) is 18.7 Å². The number of aromatic nitrogens is 2. The van der Waals surface area contributed by atoms with Gasteiger partial charge in [0.1, 0.15) is 17.5 Å².